The highest BCUT2D eigenvalue weighted by Gasteiger charge is 2.16. The van der Waals surface area contributed by atoms with E-state index in [1.807, 2.05) is 0 Å². The van der Waals surface area contributed by atoms with Crippen LogP contribution >= 0.6 is 0 Å². The van der Waals surface area contributed by atoms with Crippen LogP contribution in [0.4, 0.5) is 16.2 Å². The van der Waals surface area contributed by atoms with Gasteiger partial charge in [-0.1, -0.05) is 6.07 Å². The third-order valence-electron chi connectivity index (χ3n) is 1.98. The number of guanidine groups is 2. The van der Waals surface area contributed by atoms with Crippen molar-refractivity contribution in [1.29, 1.82) is 0 Å². The lowest BCUT2D eigenvalue weighted by Gasteiger charge is -2.19. The van der Waals surface area contributed by atoms with Crippen molar-refractivity contribution in [2.75, 3.05) is 5.32 Å². The van der Waals surface area contributed by atoms with Crippen LogP contribution in [0.2, 0.25) is 0 Å². The molecule has 0 fully saturated rings. The topological polar surface area (TPSA) is 141 Å². The minimum absolute atomic E-state index is 0.0792. The minimum atomic E-state index is -0.572. The molecule has 0 aliphatic heterocycles. The van der Waals surface area contributed by atoms with Crippen molar-refractivity contribution in [3.8, 4) is 0 Å². The number of benzene rings is 1. The average molecular weight is 292 g/mol. The standard InChI is InChI=1S/C13H20N6O2/c1-13(2,3)21-12(20)18-9-6-4-5-8(7-9)17-11(16)19-10(14)15/h4-7H,1-3H3,(H,18,20)(H6,14,15,16,17,19). The number of aliphatic imine (C=N–C) groups is 2. The molecule has 0 aliphatic rings. The van der Waals surface area contributed by atoms with Crippen LogP contribution in [0.25, 0.3) is 0 Å². The molecular formula is C13H20N6O2. The molecule has 8 nitrogen and oxygen atoms in total. The SMILES string of the molecule is CC(C)(C)OC(=O)Nc1cccc(N=C(N)N=C(N)N)c1. The van der Waals surface area contributed by atoms with Crippen molar-refractivity contribution in [1.82, 2.24) is 0 Å². The first kappa shape index (κ1) is 16.3. The largest absolute Gasteiger partial charge is 0.444 e. The number of rotatable bonds is 2. The summed E-state index contributed by atoms with van der Waals surface area (Å²) < 4.78 is 5.15. The normalized spacial score (nSPS) is 11.7. The quantitative estimate of drug-likeness (QED) is 0.479. The van der Waals surface area contributed by atoms with Gasteiger partial charge in [0.1, 0.15) is 5.60 Å². The summed E-state index contributed by atoms with van der Waals surface area (Å²) in [7, 11) is 0. The Kier molecular flexibility index (Phi) is 5.12. The van der Waals surface area contributed by atoms with Crippen molar-refractivity contribution < 1.29 is 9.53 Å². The Labute approximate surface area is 123 Å². The number of nitrogens with one attached hydrogen (secondary N) is 1. The first-order valence-electron chi connectivity index (χ1n) is 6.19. The van der Waals surface area contributed by atoms with Crippen molar-refractivity contribution in [2.45, 2.75) is 26.4 Å². The van der Waals surface area contributed by atoms with Crippen molar-refractivity contribution in [3.63, 3.8) is 0 Å². The minimum Gasteiger partial charge on any atom is -0.444 e. The van der Waals surface area contributed by atoms with Gasteiger partial charge in [-0.15, -0.1) is 0 Å². The summed E-state index contributed by atoms with van der Waals surface area (Å²) in [5.41, 5.74) is 16.4. The van der Waals surface area contributed by atoms with Crippen LogP contribution in [-0.4, -0.2) is 23.6 Å². The summed E-state index contributed by atoms with van der Waals surface area (Å²) in [4.78, 5) is 19.3. The maximum Gasteiger partial charge on any atom is 0.412 e. The van der Waals surface area contributed by atoms with Gasteiger partial charge in [0.25, 0.3) is 0 Å². The first-order valence-corrected chi connectivity index (χ1v) is 6.19. The highest BCUT2D eigenvalue weighted by atomic mass is 16.6. The highest BCUT2D eigenvalue weighted by molar-refractivity contribution is 5.94. The molecule has 114 valence electrons. The lowest BCUT2D eigenvalue weighted by Crippen LogP contribution is -2.27. The number of hydrogen-bond acceptors (Lipinski definition) is 3. The van der Waals surface area contributed by atoms with Crippen LogP contribution in [0.15, 0.2) is 34.3 Å². The van der Waals surface area contributed by atoms with Crippen molar-refractivity contribution in [2.24, 2.45) is 27.2 Å². The van der Waals surface area contributed by atoms with Gasteiger partial charge >= 0.3 is 6.09 Å². The monoisotopic (exact) mass is 292 g/mol. The van der Waals surface area contributed by atoms with Crippen LogP contribution < -0.4 is 22.5 Å². The Hall–Kier alpha value is -2.77. The number of amides is 1. The highest BCUT2D eigenvalue weighted by Crippen LogP contribution is 2.19. The molecule has 1 aromatic carbocycles. The van der Waals surface area contributed by atoms with Gasteiger partial charge in [-0.2, -0.15) is 4.99 Å². The third-order valence-corrected chi connectivity index (χ3v) is 1.98. The number of hydrogen-bond donors (Lipinski definition) is 4. The molecule has 0 bridgehead atoms. The molecule has 0 heterocycles. The van der Waals surface area contributed by atoms with E-state index >= 15 is 0 Å². The van der Waals surface area contributed by atoms with Gasteiger partial charge in [-0.25, -0.2) is 9.79 Å². The van der Waals surface area contributed by atoms with E-state index in [0.717, 1.165) is 0 Å². The molecule has 7 N–H and O–H groups in total. The number of anilines is 1. The van der Waals surface area contributed by atoms with Gasteiger partial charge in [-0.3, -0.25) is 5.32 Å². The van der Waals surface area contributed by atoms with Crippen LogP contribution in [0.1, 0.15) is 20.8 Å². The Morgan fingerprint density at radius 3 is 2.48 bits per heavy atom. The summed E-state index contributed by atoms with van der Waals surface area (Å²) in [5, 5.41) is 2.60. The van der Waals surface area contributed by atoms with Gasteiger partial charge < -0.3 is 21.9 Å². The average Bonchev–Trinajstić information content (AvgIpc) is 2.24. The fraction of sp³-hybridized carbons (Fsp3) is 0.308. The Morgan fingerprint density at radius 1 is 1.24 bits per heavy atom. The fourth-order valence-corrected chi connectivity index (χ4v) is 1.36. The maximum atomic E-state index is 11.7. The zero-order valence-corrected chi connectivity index (χ0v) is 12.3. The number of carbonyl (C=O) groups excluding carboxylic acids is 1. The van der Waals surface area contributed by atoms with Gasteiger partial charge in [0.05, 0.1) is 5.69 Å². The van der Waals surface area contributed by atoms with E-state index in [1.165, 1.54) is 0 Å². The fourth-order valence-electron chi connectivity index (χ4n) is 1.36. The second-order valence-electron chi connectivity index (χ2n) is 5.18. The zero-order chi connectivity index (χ0) is 16.0. The van der Waals surface area contributed by atoms with E-state index in [-0.39, 0.29) is 11.9 Å². The molecule has 1 amide bonds. The lowest BCUT2D eigenvalue weighted by atomic mass is 10.2. The molecule has 1 aromatic rings. The molecular weight excluding hydrogens is 272 g/mol. The summed E-state index contributed by atoms with van der Waals surface area (Å²) in [6.45, 7) is 5.34. The third kappa shape index (κ3) is 6.81. The Bertz CT molecular complexity index is 570. The molecule has 0 atom stereocenters. The molecule has 0 unspecified atom stereocenters. The van der Waals surface area contributed by atoms with E-state index in [2.05, 4.69) is 15.3 Å². The number of carbonyl (C=O) groups is 1. The van der Waals surface area contributed by atoms with Crippen molar-refractivity contribution >= 4 is 29.4 Å². The smallest absolute Gasteiger partial charge is 0.412 e. The van der Waals surface area contributed by atoms with Gasteiger partial charge in [0, 0.05) is 5.69 Å². The molecule has 0 aromatic heterocycles. The molecule has 0 radical (unpaired) electrons. The molecule has 0 saturated carbocycles. The van der Waals surface area contributed by atoms with Crippen LogP contribution in [0, 0.1) is 0 Å². The lowest BCUT2D eigenvalue weighted by molar-refractivity contribution is 0.0636. The maximum absolute atomic E-state index is 11.7. The zero-order valence-electron chi connectivity index (χ0n) is 12.3. The number of nitrogens with zero attached hydrogens (tertiary/aromatic N) is 2. The molecule has 1 rings (SSSR count). The Morgan fingerprint density at radius 2 is 1.90 bits per heavy atom. The molecule has 21 heavy (non-hydrogen) atoms. The van der Waals surface area contributed by atoms with Gasteiger partial charge in [0.15, 0.2) is 5.96 Å². The molecule has 0 saturated heterocycles. The summed E-state index contributed by atoms with van der Waals surface area (Å²) >= 11 is 0. The molecule has 8 heteroatoms. The van der Waals surface area contributed by atoms with Gasteiger partial charge in [0.2, 0.25) is 5.96 Å². The number of nitrogens with two attached hydrogens (primary N) is 3. The van der Waals surface area contributed by atoms with Crippen LogP contribution in [0.3, 0.4) is 0 Å². The molecule has 0 aliphatic carbocycles. The Balaban J connectivity index is 2.82. The van der Waals surface area contributed by atoms with Crippen LogP contribution in [0.5, 0.6) is 0 Å². The predicted octanol–water partition coefficient (Wildman–Crippen LogP) is 1.25. The van der Waals surface area contributed by atoms with Crippen LogP contribution in [-0.2, 0) is 4.74 Å². The van der Waals surface area contributed by atoms with E-state index in [9.17, 15) is 4.79 Å². The van der Waals surface area contributed by atoms with Gasteiger partial charge in [-0.05, 0) is 39.0 Å². The second-order valence-corrected chi connectivity index (χ2v) is 5.18. The van der Waals surface area contributed by atoms with E-state index in [4.69, 9.17) is 21.9 Å². The number of ether oxygens (including phenoxy) is 1. The van der Waals surface area contributed by atoms with E-state index in [1.54, 1.807) is 45.0 Å². The predicted molar refractivity (Wildman–Crippen MR) is 83.4 cm³/mol. The molecule has 0 spiro atoms. The summed E-state index contributed by atoms with van der Waals surface area (Å²) in [6.07, 6.45) is -0.555. The van der Waals surface area contributed by atoms with E-state index < -0.39 is 11.7 Å². The van der Waals surface area contributed by atoms with Crippen molar-refractivity contribution in [3.05, 3.63) is 24.3 Å². The summed E-state index contributed by atoms with van der Waals surface area (Å²) in [6, 6.07) is 6.70. The summed E-state index contributed by atoms with van der Waals surface area (Å²) in [5.74, 6) is -0.260. The first-order chi connectivity index (χ1) is 9.65. The van der Waals surface area contributed by atoms with E-state index in [0.29, 0.717) is 11.4 Å². The second kappa shape index (κ2) is 6.60.